The van der Waals surface area contributed by atoms with E-state index in [1.165, 1.54) is 10.5 Å². The van der Waals surface area contributed by atoms with E-state index in [4.69, 9.17) is 5.73 Å². The van der Waals surface area contributed by atoms with E-state index < -0.39 is 0 Å². The first-order chi connectivity index (χ1) is 7.29. The number of hydrogen-bond acceptors (Lipinski definition) is 5. The van der Waals surface area contributed by atoms with Crippen molar-refractivity contribution in [1.82, 2.24) is 10.2 Å². The molecule has 2 N–H and O–H groups in total. The molecule has 1 aromatic carbocycles. The zero-order chi connectivity index (χ0) is 10.7. The standard InChI is InChI=1S/C10H11N3S2/c1-7-2-3-9(8(4-7)5-11)15-10-13-12-6-14-10/h2-4,6H,5,11H2,1H3. The zero-order valence-electron chi connectivity index (χ0n) is 8.30. The Bertz CT molecular complexity index is 440. The summed E-state index contributed by atoms with van der Waals surface area (Å²) in [6, 6.07) is 6.29. The lowest BCUT2D eigenvalue weighted by Gasteiger charge is -2.05. The Morgan fingerprint density at radius 2 is 2.33 bits per heavy atom. The Labute approximate surface area is 96.7 Å². The molecule has 0 saturated heterocycles. The number of aryl methyl sites for hydroxylation is 1. The molecule has 3 nitrogen and oxygen atoms in total. The third-order valence-electron chi connectivity index (χ3n) is 1.97. The summed E-state index contributed by atoms with van der Waals surface area (Å²) in [5, 5.41) is 7.81. The average molecular weight is 237 g/mol. The van der Waals surface area contributed by atoms with Crippen molar-refractivity contribution < 1.29 is 0 Å². The highest BCUT2D eigenvalue weighted by atomic mass is 32.2. The fourth-order valence-corrected chi connectivity index (χ4v) is 2.82. The summed E-state index contributed by atoms with van der Waals surface area (Å²) in [6.07, 6.45) is 0. The minimum Gasteiger partial charge on any atom is -0.326 e. The molecule has 0 aliphatic rings. The largest absolute Gasteiger partial charge is 0.326 e. The van der Waals surface area contributed by atoms with Crippen molar-refractivity contribution >= 4 is 23.1 Å². The number of rotatable bonds is 3. The van der Waals surface area contributed by atoms with Gasteiger partial charge in [0, 0.05) is 11.4 Å². The molecular weight excluding hydrogens is 226 g/mol. The number of hydrogen-bond donors (Lipinski definition) is 1. The second-order valence-electron chi connectivity index (χ2n) is 3.12. The summed E-state index contributed by atoms with van der Waals surface area (Å²) in [6.45, 7) is 2.63. The van der Waals surface area contributed by atoms with E-state index in [0.717, 1.165) is 9.90 Å². The molecule has 15 heavy (non-hydrogen) atoms. The first-order valence-electron chi connectivity index (χ1n) is 4.53. The van der Waals surface area contributed by atoms with Crippen LogP contribution in [0.25, 0.3) is 0 Å². The van der Waals surface area contributed by atoms with Crippen LogP contribution in [0.3, 0.4) is 0 Å². The van der Waals surface area contributed by atoms with Crippen molar-refractivity contribution in [2.45, 2.75) is 22.7 Å². The van der Waals surface area contributed by atoms with E-state index in [0.29, 0.717) is 6.54 Å². The van der Waals surface area contributed by atoms with Gasteiger partial charge in [-0.1, -0.05) is 40.8 Å². The van der Waals surface area contributed by atoms with Crippen molar-refractivity contribution in [2.24, 2.45) is 5.73 Å². The van der Waals surface area contributed by atoms with Gasteiger partial charge in [-0.05, 0) is 18.6 Å². The first kappa shape index (κ1) is 10.6. The Balaban J connectivity index is 2.28. The van der Waals surface area contributed by atoms with Gasteiger partial charge in [0.1, 0.15) is 5.51 Å². The molecule has 2 aromatic rings. The number of aromatic nitrogens is 2. The lowest BCUT2D eigenvalue weighted by Crippen LogP contribution is -1.98. The van der Waals surface area contributed by atoms with E-state index in [-0.39, 0.29) is 0 Å². The maximum absolute atomic E-state index is 5.70. The molecule has 5 heteroatoms. The zero-order valence-corrected chi connectivity index (χ0v) is 9.94. The lowest BCUT2D eigenvalue weighted by molar-refractivity contribution is 0.999. The highest BCUT2D eigenvalue weighted by molar-refractivity contribution is 8.01. The van der Waals surface area contributed by atoms with Crippen LogP contribution in [-0.4, -0.2) is 10.2 Å². The highest BCUT2D eigenvalue weighted by Gasteiger charge is 2.05. The Morgan fingerprint density at radius 3 is 3.00 bits per heavy atom. The smallest absolute Gasteiger partial charge is 0.178 e. The van der Waals surface area contributed by atoms with Crippen LogP contribution >= 0.6 is 23.1 Å². The van der Waals surface area contributed by atoms with Crippen LogP contribution in [0, 0.1) is 6.92 Å². The molecule has 0 radical (unpaired) electrons. The minimum atomic E-state index is 0.558. The topological polar surface area (TPSA) is 51.8 Å². The molecular formula is C10H11N3S2. The lowest BCUT2D eigenvalue weighted by atomic mass is 10.1. The molecule has 0 bridgehead atoms. The fourth-order valence-electron chi connectivity index (χ4n) is 1.27. The highest BCUT2D eigenvalue weighted by Crippen LogP contribution is 2.31. The third-order valence-corrected chi connectivity index (χ3v) is 3.87. The second-order valence-corrected chi connectivity index (χ2v) is 5.24. The molecule has 1 aromatic heterocycles. The Hall–Kier alpha value is -0.910. The molecule has 2 rings (SSSR count). The van der Waals surface area contributed by atoms with E-state index in [1.54, 1.807) is 28.6 Å². The van der Waals surface area contributed by atoms with Gasteiger partial charge < -0.3 is 5.73 Å². The van der Waals surface area contributed by atoms with Crippen molar-refractivity contribution in [3.8, 4) is 0 Å². The predicted octanol–water partition coefficient (Wildman–Crippen LogP) is 2.46. The van der Waals surface area contributed by atoms with Crippen molar-refractivity contribution in [1.29, 1.82) is 0 Å². The van der Waals surface area contributed by atoms with Crippen molar-refractivity contribution in [2.75, 3.05) is 0 Å². The monoisotopic (exact) mass is 237 g/mol. The normalized spacial score (nSPS) is 10.5. The van der Waals surface area contributed by atoms with Gasteiger partial charge >= 0.3 is 0 Å². The van der Waals surface area contributed by atoms with E-state index in [2.05, 4.69) is 35.3 Å². The summed E-state index contributed by atoms with van der Waals surface area (Å²) in [5.41, 5.74) is 9.83. The molecule has 0 aliphatic heterocycles. The maximum atomic E-state index is 5.70. The summed E-state index contributed by atoms with van der Waals surface area (Å²) in [7, 11) is 0. The van der Waals surface area contributed by atoms with Gasteiger partial charge in [-0.15, -0.1) is 10.2 Å². The van der Waals surface area contributed by atoms with Gasteiger partial charge in [-0.25, -0.2) is 0 Å². The summed E-state index contributed by atoms with van der Waals surface area (Å²) >= 11 is 3.16. The number of benzene rings is 1. The molecule has 0 amide bonds. The van der Waals surface area contributed by atoms with Crippen LogP contribution < -0.4 is 5.73 Å². The van der Waals surface area contributed by atoms with Crippen LogP contribution in [0.15, 0.2) is 32.9 Å². The second kappa shape index (κ2) is 4.74. The Morgan fingerprint density at radius 1 is 1.47 bits per heavy atom. The number of nitrogens with zero attached hydrogens (tertiary/aromatic N) is 2. The van der Waals surface area contributed by atoms with Gasteiger partial charge in [0.05, 0.1) is 0 Å². The molecule has 0 fully saturated rings. The van der Waals surface area contributed by atoms with Gasteiger partial charge in [-0.2, -0.15) is 0 Å². The van der Waals surface area contributed by atoms with Crippen molar-refractivity contribution in [3.05, 3.63) is 34.8 Å². The van der Waals surface area contributed by atoms with Gasteiger partial charge in [0.25, 0.3) is 0 Å². The molecule has 0 unspecified atom stereocenters. The molecule has 78 valence electrons. The van der Waals surface area contributed by atoms with Crippen LogP contribution in [0.4, 0.5) is 0 Å². The van der Waals surface area contributed by atoms with E-state index >= 15 is 0 Å². The SMILES string of the molecule is Cc1ccc(Sc2nncs2)c(CN)c1. The van der Waals surface area contributed by atoms with Crippen LogP contribution in [-0.2, 0) is 6.54 Å². The summed E-state index contributed by atoms with van der Waals surface area (Å²) in [5.74, 6) is 0. The molecule has 0 saturated carbocycles. The molecule has 0 atom stereocenters. The minimum absolute atomic E-state index is 0.558. The molecule has 0 spiro atoms. The van der Waals surface area contributed by atoms with E-state index in [1.807, 2.05) is 0 Å². The van der Waals surface area contributed by atoms with E-state index in [9.17, 15) is 0 Å². The predicted molar refractivity (Wildman–Crippen MR) is 63.1 cm³/mol. The van der Waals surface area contributed by atoms with Crippen LogP contribution in [0.5, 0.6) is 0 Å². The van der Waals surface area contributed by atoms with Gasteiger partial charge in [-0.3, -0.25) is 0 Å². The molecule has 0 aliphatic carbocycles. The van der Waals surface area contributed by atoms with Gasteiger partial charge in [0.15, 0.2) is 4.34 Å². The summed E-state index contributed by atoms with van der Waals surface area (Å²) < 4.78 is 0.952. The quantitative estimate of drug-likeness (QED) is 0.891. The number of nitrogens with two attached hydrogens (primary N) is 1. The van der Waals surface area contributed by atoms with Crippen molar-refractivity contribution in [3.63, 3.8) is 0 Å². The maximum Gasteiger partial charge on any atom is 0.178 e. The Kier molecular flexibility index (Phi) is 3.35. The molecule has 1 heterocycles. The van der Waals surface area contributed by atoms with Crippen LogP contribution in [0.2, 0.25) is 0 Å². The average Bonchev–Trinajstić information content (AvgIpc) is 2.73. The third kappa shape index (κ3) is 2.56. The summed E-state index contributed by atoms with van der Waals surface area (Å²) in [4.78, 5) is 1.17. The first-order valence-corrected chi connectivity index (χ1v) is 6.23. The van der Waals surface area contributed by atoms with Crippen LogP contribution in [0.1, 0.15) is 11.1 Å². The fraction of sp³-hybridized carbons (Fsp3) is 0.200. The van der Waals surface area contributed by atoms with Gasteiger partial charge in [0.2, 0.25) is 0 Å².